The van der Waals surface area contributed by atoms with E-state index in [0.29, 0.717) is 25.9 Å². The molecule has 3 fully saturated rings. The highest BCUT2D eigenvalue weighted by atomic mass is 28.4. The quantitative estimate of drug-likeness (QED) is 0.424. The summed E-state index contributed by atoms with van der Waals surface area (Å²) < 4.78 is 26.0. The molecule has 3 rings (SSSR count). The average molecular weight is 486 g/mol. The van der Waals surface area contributed by atoms with Crippen molar-refractivity contribution in [3.63, 3.8) is 0 Å². The van der Waals surface area contributed by atoms with E-state index in [-0.39, 0.29) is 28.0 Å². The zero-order chi connectivity index (χ0) is 24.3. The van der Waals surface area contributed by atoms with E-state index in [4.69, 9.17) is 18.3 Å². The van der Waals surface area contributed by atoms with Gasteiger partial charge in [0.25, 0.3) is 0 Å². The van der Waals surface area contributed by atoms with Crippen molar-refractivity contribution in [1.82, 2.24) is 4.90 Å². The Morgan fingerprint density at radius 3 is 1.78 bits per heavy atom. The number of imide groups is 1. The topological polar surface area (TPSA) is 74.3 Å². The molecule has 5 atom stereocenters. The number of hydrogen-bond donors (Lipinski definition) is 0. The number of amides is 2. The Labute approximate surface area is 195 Å². The Morgan fingerprint density at radius 2 is 1.31 bits per heavy atom. The van der Waals surface area contributed by atoms with Gasteiger partial charge in [-0.2, -0.15) is 0 Å². The second kappa shape index (κ2) is 8.57. The zero-order valence-corrected chi connectivity index (χ0v) is 23.6. The molecule has 9 heteroatoms. The summed E-state index contributed by atoms with van der Waals surface area (Å²) in [7, 11) is -4.49. The van der Waals surface area contributed by atoms with Crippen LogP contribution in [0.5, 0.6) is 0 Å². The Balaban J connectivity index is 2.06. The summed E-state index contributed by atoms with van der Waals surface area (Å²) in [5.41, 5.74) is 0. The van der Waals surface area contributed by atoms with Crippen molar-refractivity contribution in [3.05, 3.63) is 0 Å². The number of rotatable bonds is 5. The third-order valence-electron chi connectivity index (χ3n) is 8.13. The maximum atomic E-state index is 13.1. The van der Waals surface area contributed by atoms with Crippen molar-refractivity contribution in [3.8, 4) is 0 Å². The molecule has 3 heterocycles. The molecular formula is C23H43NO6Si2. The SMILES string of the molecule is CC(C)(C)[Si](C)(C)O[C@H]1[C@@H]2OC[C@@H](O2)[C@@H](O[Si](C)(C)C(C)(C)C)[C@@H]1N1C(=O)CCCC1=O. The normalized spacial score (nSPS) is 32.6. The number of carbonyl (C=O) groups is 2. The first-order valence-electron chi connectivity index (χ1n) is 11.9. The summed E-state index contributed by atoms with van der Waals surface area (Å²) in [4.78, 5) is 27.6. The predicted octanol–water partition coefficient (Wildman–Crippen LogP) is 4.43. The molecule has 3 saturated heterocycles. The fourth-order valence-corrected chi connectivity index (χ4v) is 6.66. The highest BCUT2D eigenvalue weighted by Gasteiger charge is 2.59. The van der Waals surface area contributed by atoms with E-state index >= 15 is 0 Å². The van der Waals surface area contributed by atoms with E-state index in [1.54, 1.807) is 0 Å². The molecule has 0 unspecified atom stereocenters. The number of likely N-dealkylation sites (tertiary alicyclic amines) is 1. The first-order valence-corrected chi connectivity index (χ1v) is 17.8. The van der Waals surface area contributed by atoms with Gasteiger partial charge in [0, 0.05) is 12.8 Å². The van der Waals surface area contributed by atoms with Crippen molar-refractivity contribution in [2.45, 2.75) is 128 Å². The van der Waals surface area contributed by atoms with Gasteiger partial charge in [-0.25, -0.2) is 0 Å². The summed E-state index contributed by atoms with van der Waals surface area (Å²) in [5, 5.41) is -0.0712. The lowest BCUT2D eigenvalue weighted by Crippen LogP contribution is -2.69. The number of ether oxygens (including phenoxy) is 2. The molecule has 32 heavy (non-hydrogen) atoms. The maximum absolute atomic E-state index is 13.1. The van der Waals surface area contributed by atoms with E-state index in [9.17, 15) is 9.59 Å². The van der Waals surface area contributed by atoms with Crippen molar-refractivity contribution in [1.29, 1.82) is 0 Å². The van der Waals surface area contributed by atoms with Crippen LogP contribution in [0, 0.1) is 0 Å². The Morgan fingerprint density at radius 1 is 0.844 bits per heavy atom. The van der Waals surface area contributed by atoms with Gasteiger partial charge in [0.1, 0.15) is 12.2 Å². The molecule has 2 amide bonds. The molecule has 3 aliphatic rings. The first-order chi connectivity index (χ1) is 14.5. The monoisotopic (exact) mass is 485 g/mol. The molecule has 0 spiro atoms. The van der Waals surface area contributed by atoms with Gasteiger partial charge in [0.05, 0.1) is 18.8 Å². The van der Waals surface area contributed by atoms with Gasteiger partial charge in [-0.1, -0.05) is 41.5 Å². The highest BCUT2D eigenvalue weighted by molar-refractivity contribution is 6.74. The molecule has 0 saturated carbocycles. The third-order valence-corrected chi connectivity index (χ3v) is 17.1. The summed E-state index contributed by atoms with van der Waals surface area (Å²) in [5.74, 6) is -0.277. The summed E-state index contributed by atoms with van der Waals surface area (Å²) in [6, 6.07) is -0.537. The summed E-state index contributed by atoms with van der Waals surface area (Å²) >= 11 is 0. The number of nitrogens with zero attached hydrogens (tertiary/aromatic N) is 1. The standard InChI is InChI=1S/C23H43NO6Si2/c1-22(2,3)31(7,8)29-19-15-14-27-21(28-15)20(30-32(9,10)23(4,5)6)18(19)24-16(25)12-11-13-17(24)26/h15,18-21H,11-14H2,1-10H3/t15-,18+,19-,20-,21-/m1/s1. The van der Waals surface area contributed by atoms with Crippen LogP contribution in [0.2, 0.25) is 36.3 Å². The summed E-state index contributed by atoms with van der Waals surface area (Å²) in [6.45, 7) is 22.2. The number of carbonyl (C=O) groups excluding carboxylic acids is 2. The second-order valence-corrected chi connectivity index (χ2v) is 22.1. The van der Waals surface area contributed by atoms with Gasteiger partial charge in [0.2, 0.25) is 11.8 Å². The lowest BCUT2D eigenvalue weighted by molar-refractivity contribution is -0.209. The molecule has 0 radical (unpaired) electrons. The predicted molar refractivity (Wildman–Crippen MR) is 128 cm³/mol. The fraction of sp³-hybridized carbons (Fsp3) is 0.913. The van der Waals surface area contributed by atoms with Gasteiger partial charge < -0.3 is 18.3 Å². The molecule has 3 aliphatic heterocycles. The molecule has 0 aromatic rings. The molecular weight excluding hydrogens is 442 g/mol. The van der Waals surface area contributed by atoms with Crippen LogP contribution in [0.1, 0.15) is 60.8 Å². The van der Waals surface area contributed by atoms with E-state index < -0.39 is 41.2 Å². The van der Waals surface area contributed by atoms with Crippen LogP contribution >= 0.6 is 0 Å². The summed E-state index contributed by atoms with van der Waals surface area (Å²) in [6.07, 6.45) is -0.590. The molecule has 0 aromatic carbocycles. The maximum Gasteiger partial charge on any atom is 0.229 e. The number of hydrogen-bond acceptors (Lipinski definition) is 6. The first kappa shape index (κ1) is 26.0. The zero-order valence-electron chi connectivity index (χ0n) is 21.6. The van der Waals surface area contributed by atoms with Crippen LogP contribution in [0.4, 0.5) is 0 Å². The lowest BCUT2D eigenvalue weighted by Gasteiger charge is -2.52. The van der Waals surface area contributed by atoms with Crippen LogP contribution in [-0.4, -0.2) is 70.6 Å². The lowest BCUT2D eigenvalue weighted by atomic mass is 9.93. The Hall–Kier alpha value is -0.586. The van der Waals surface area contributed by atoms with Gasteiger partial charge in [-0.15, -0.1) is 0 Å². The smallest absolute Gasteiger partial charge is 0.229 e. The van der Waals surface area contributed by atoms with Gasteiger partial charge in [0.15, 0.2) is 22.9 Å². The molecule has 7 nitrogen and oxygen atoms in total. The van der Waals surface area contributed by atoms with E-state index in [2.05, 4.69) is 67.7 Å². The Bertz CT molecular complexity index is 684. The minimum atomic E-state index is -2.26. The Kier molecular flexibility index (Phi) is 6.97. The number of fused-ring (bicyclic) bond motifs is 2. The largest absolute Gasteiger partial charge is 0.409 e. The van der Waals surface area contributed by atoms with E-state index in [1.165, 1.54) is 4.90 Å². The van der Waals surface area contributed by atoms with Crippen molar-refractivity contribution in [2.75, 3.05) is 6.61 Å². The van der Waals surface area contributed by atoms with Crippen molar-refractivity contribution in [2.24, 2.45) is 0 Å². The van der Waals surface area contributed by atoms with Gasteiger partial charge in [-0.3, -0.25) is 14.5 Å². The van der Waals surface area contributed by atoms with Crippen molar-refractivity contribution < 1.29 is 27.9 Å². The number of piperidine rings is 1. The van der Waals surface area contributed by atoms with Crippen LogP contribution in [0.3, 0.4) is 0 Å². The third kappa shape index (κ3) is 4.79. The minimum Gasteiger partial charge on any atom is -0.409 e. The van der Waals surface area contributed by atoms with E-state index in [1.807, 2.05) is 0 Å². The van der Waals surface area contributed by atoms with Crippen molar-refractivity contribution >= 4 is 28.4 Å². The molecule has 2 bridgehead atoms. The molecule has 184 valence electrons. The van der Waals surface area contributed by atoms with Crippen LogP contribution in [-0.2, 0) is 27.9 Å². The fourth-order valence-electron chi connectivity index (χ4n) is 4.05. The van der Waals surface area contributed by atoms with Gasteiger partial charge >= 0.3 is 0 Å². The molecule has 0 aromatic heterocycles. The van der Waals surface area contributed by atoms with Crippen LogP contribution in [0.25, 0.3) is 0 Å². The molecule has 0 N–H and O–H groups in total. The van der Waals surface area contributed by atoms with Crippen LogP contribution in [0.15, 0.2) is 0 Å². The highest BCUT2D eigenvalue weighted by Crippen LogP contribution is 2.45. The average Bonchev–Trinajstić information content (AvgIpc) is 3.05. The second-order valence-electron chi connectivity index (χ2n) is 12.6. The minimum absolute atomic E-state index is 0.0282. The van der Waals surface area contributed by atoms with E-state index in [0.717, 1.165) is 0 Å². The van der Waals surface area contributed by atoms with Crippen LogP contribution < -0.4 is 0 Å². The molecule has 0 aliphatic carbocycles. The van der Waals surface area contributed by atoms with Gasteiger partial charge in [-0.05, 0) is 42.7 Å².